The highest BCUT2D eigenvalue weighted by molar-refractivity contribution is 6.31. The maximum Gasteiger partial charge on any atom is 0.224 e. The average Bonchev–Trinajstić information content (AvgIpc) is 3.18. The number of carbonyl (C=O) groups is 1. The first-order valence-electron chi connectivity index (χ1n) is 9.11. The van der Waals surface area contributed by atoms with Gasteiger partial charge >= 0.3 is 0 Å². The summed E-state index contributed by atoms with van der Waals surface area (Å²) in [5, 5.41) is 3.78. The second-order valence-corrected chi connectivity index (χ2v) is 7.88. The first-order valence-corrected chi connectivity index (χ1v) is 9.49. The molecular weight excluding hydrogens is 324 g/mol. The van der Waals surface area contributed by atoms with Crippen molar-refractivity contribution in [2.24, 2.45) is 17.8 Å². The molecule has 0 aromatic heterocycles. The zero-order valence-electron chi connectivity index (χ0n) is 14.0. The van der Waals surface area contributed by atoms with Crippen LogP contribution in [0.2, 0.25) is 5.02 Å². The lowest BCUT2D eigenvalue weighted by molar-refractivity contribution is -0.117. The summed E-state index contributed by atoms with van der Waals surface area (Å²) in [4.78, 5) is 14.9. The van der Waals surface area contributed by atoms with Crippen LogP contribution in [0.25, 0.3) is 0 Å². The van der Waals surface area contributed by atoms with Crippen molar-refractivity contribution in [1.82, 2.24) is 0 Å². The van der Waals surface area contributed by atoms with Crippen LogP contribution in [-0.2, 0) is 9.53 Å². The van der Waals surface area contributed by atoms with E-state index in [1.165, 1.54) is 25.7 Å². The van der Waals surface area contributed by atoms with Crippen molar-refractivity contribution in [2.75, 3.05) is 36.5 Å². The Bertz CT molecular complexity index is 615. The Kier molecular flexibility index (Phi) is 4.68. The first-order chi connectivity index (χ1) is 11.7. The lowest BCUT2D eigenvalue weighted by atomic mass is 9.86. The van der Waals surface area contributed by atoms with E-state index in [4.69, 9.17) is 16.3 Å². The summed E-state index contributed by atoms with van der Waals surface area (Å²) in [6, 6.07) is 5.75. The monoisotopic (exact) mass is 348 g/mol. The van der Waals surface area contributed by atoms with Gasteiger partial charge in [-0.1, -0.05) is 18.0 Å². The van der Waals surface area contributed by atoms with E-state index in [0.717, 1.165) is 49.5 Å². The van der Waals surface area contributed by atoms with Gasteiger partial charge in [0.05, 0.1) is 24.6 Å². The first kappa shape index (κ1) is 16.2. The fourth-order valence-corrected chi connectivity index (χ4v) is 4.93. The van der Waals surface area contributed by atoms with Gasteiger partial charge in [-0.25, -0.2) is 0 Å². The Morgan fingerprint density at radius 2 is 2.08 bits per heavy atom. The highest BCUT2D eigenvalue weighted by atomic mass is 35.5. The van der Waals surface area contributed by atoms with E-state index >= 15 is 0 Å². The maximum atomic E-state index is 12.6. The number of amides is 1. The van der Waals surface area contributed by atoms with Gasteiger partial charge in [-0.05, 0) is 55.2 Å². The molecule has 3 aliphatic rings. The van der Waals surface area contributed by atoms with E-state index < -0.39 is 0 Å². The minimum absolute atomic E-state index is 0.129. The van der Waals surface area contributed by atoms with Crippen LogP contribution in [-0.4, -0.2) is 32.2 Å². The van der Waals surface area contributed by atoms with Crippen molar-refractivity contribution >= 4 is 28.9 Å². The lowest BCUT2D eigenvalue weighted by Crippen LogP contribution is -2.36. The van der Waals surface area contributed by atoms with Crippen LogP contribution >= 0.6 is 11.6 Å². The molecule has 2 saturated carbocycles. The predicted molar refractivity (Wildman–Crippen MR) is 96.7 cm³/mol. The second kappa shape index (κ2) is 6.93. The van der Waals surface area contributed by atoms with Crippen LogP contribution in [0.3, 0.4) is 0 Å². The SMILES string of the molecule is O=C(CC1CC2CCC1C2)Nc1cc(Cl)ccc1N1CCOCC1. The van der Waals surface area contributed by atoms with E-state index in [1.807, 2.05) is 18.2 Å². The van der Waals surface area contributed by atoms with Crippen molar-refractivity contribution in [2.45, 2.75) is 32.1 Å². The molecule has 3 unspecified atom stereocenters. The molecule has 2 aliphatic carbocycles. The van der Waals surface area contributed by atoms with E-state index in [-0.39, 0.29) is 5.91 Å². The topological polar surface area (TPSA) is 41.6 Å². The molecule has 1 aliphatic heterocycles. The van der Waals surface area contributed by atoms with Gasteiger partial charge in [0.15, 0.2) is 0 Å². The largest absolute Gasteiger partial charge is 0.378 e. The fraction of sp³-hybridized carbons (Fsp3) is 0.632. The third kappa shape index (κ3) is 3.40. The Balaban J connectivity index is 1.44. The third-order valence-corrected chi connectivity index (χ3v) is 6.15. The summed E-state index contributed by atoms with van der Waals surface area (Å²) >= 11 is 6.17. The van der Waals surface area contributed by atoms with Crippen LogP contribution in [0.1, 0.15) is 32.1 Å². The van der Waals surface area contributed by atoms with Gasteiger partial charge in [0, 0.05) is 24.5 Å². The second-order valence-electron chi connectivity index (χ2n) is 7.45. The Hall–Kier alpha value is -1.26. The number of fused-ring (bicyclic) bond motifs is 2. The molecule has 1 N–H and O–H groups in total. The number of halogens is 1. The summed E-state index contributed by atoms with van der Waals surface area (Å²) in [5.41, 5.74) is 1.88. The molecule has 4 nitrogen and oxygen atoms in total. The standard InChI is InChI=1S/C19H25ClN2O2/c20-16-3-4-18(22-5-7-24-8-6-22)17(12-16)21-19(23)11-15-10-13-1-2-14(15)9-13/h3-4,12-15H,1-2,5-11H2,(H,21,23). The van der Waals surface area contributed by atoms with Gasteiger partial charge in [0.1, 0.15) is 0 Å². The molecule has 2 bridgehead atoms. The Morgan fingerprint density at radius 3 is 2.79 bits per heavy atom. The van der Waals surface area contributed by atoms with Crippen molar-refractivity contribution in [3.63, 3.8) is 0 Å². The number of hydrogen-bond donors (Lipinski definition) is 1. The molecule has 1 aromatic rings. The minimum Gasteiger partial charge on any atom is -0.378 e. The maximum absolute atomic E-state index is 12.6. The molecule has 0 spiro atoms. The molecule has 0 radical (unpaired) electrons. The smallest absolute Gasteiger partial charge is 0.224 e. The average molecular weight is 349 g/mol. The molecule has 1 heterocycles. The van der Waals surface area contributed by atoms with Gasteiger partial charge in [-0.3, -0.25) is 4.79 Å². The number of nitrogens with zero attached hydrogens (tertiary/aromatic N) is 1. The number of ether oxygens (including phenoxy) is 1. The number of anilines is 2. The highest BCUT2D eigenvalue weighted by Crippen LogP contribution is 2.49. The summed E-state index contributed by atoms with van der Waals surface area (Å²) in [6.45, 7) is 3.13. The van der Waals surface area contributed by atoms with Crippen molar-refractivity contribution < 1.29 is 9.53 Å². The van der Waals surface area contributed by atoms with Crippen LogP contribution in [0.5, 0.6) is 0 Å². The van der Waals surface area contributed by atoms with Gasteiger partial charge in [0.2, 0.25) is 5.91 Å². The summed E-state index contributed by atoms with van der Waals surface area (Å²) < 4.78 is 5.43. The molecule has 24 heavy (non-hydrogen) atoms. The summed E-state index contributed by atoms with van der Waals surface area (Å²) in [5.74, 6) is 2.36. The molecule has 4 rings (SSSR count). The van der Waals surface area contributed by atoms with Gasteiger partial charge in [-0.2, -0.15) is 0 Å². The van der Waals surface area contributed by atoms with Crippen molar-refractivity contribution in [1.29, 1.82) is 0 Å². The minimum atomic E-state index is 0.129. The van der Waals surface area contributed by atoms with Gasteiger partial charge in [0.25, 0.3) is 0 Å². The van der Waals surface area contributed by atoms with Crippen molar-refractivity contribution in [3.8, 4) is 0 Å². The van der Waals surface area contributed by atoms with E-state index in [9.17, 15) is 4.79 Å². The Labute approximate surface area is 148 Å². The van der Waals surface area contributed by atoms with Gasteiger partial charge < -0.3 is 15.0 Å². The summed E-state index contributed by atoms with van der Waals surface area (Å²) in [6.07, 6.45) is 5.92. The molecule has 3 atom stereocenters. The zero-order valence-corrected chi connectivity index (χ0v) is 14.7. The fourth-order valence-electron chi connectivity index (χ4n) is 4.75. The van der Waals surface area contributed by atoms with E-state index in [1.54, 1.807) is 0 Å². The Morgan fingerprint density at radius 1 is 1.25 bits per heavy atom. The molecule has 3 fully saturated rings. The van der Waals surface area contributed by atoms with Crippen LogP contribution in [0.4, 0.5) is 11.4 Å². The summed E-state index contributed by atoms with van der Waals surface area (Å²) in [7, 11) is 0. The normalized spacial score (nSPS) is 29.0. The molecular formula is C19H25ClN2O2. The van der Waals surface area contributed by atoms with E-state index in [0.29, 0.717) is 17.4 Å². The van der Waals surface area contributed by atoms with Crippen LogP contribution in [0.15, 0.2) is 18.2 Å². The molecule has 130 valence electrons. The van der Waals surface area contributed by atoms with E-state index in [2.05, 4.69) is 10.2 Å². The van der Waals surface area contributed by atoms with Crippen LogP contribution in [0, 0.1) is 17.8 Å². The lowest BCUT2D eigenvalue weighted by Gasteiger charge is -2.31. The quantitative estimate of drug-likeness (QED) is 0.896. The number of hydrogen-bond acceptors (Lipinski definition) is 3. The number of nitrogens with one attached hydrogen (secondary N) is 1. The van der Waals surface area contributed by atoms with Gasteiger partial charge in [-0.15, -0.1) is 0 Å². The number of morpholine rings is 1. The number of rotatable bonds is 4. The van der Waals surface area contributed by atoms with Crippen molar-refractivity contribution in [3.05, 3.63) is 23.2 Å². The van der Waals surface area contributed by atoms with Crippen LogP contribution < -0.4 is 10.2 Å². The zero-order chi connectivity index (χ0) is 16.5. The number of benzene rings is 1. The number of carbonyl (C=O) groups excluding carboxylic acids is 1. The molecule has 1 aromatic carbocycles. The molecule has 5 heteroatoms. The molecule has 1 amide bonds. The highest BCUT2D eigenvalue weighted by Gasteiger charge is 2.40. The third-order valence-electron chi connectivity index (χ3n) is 5.92. The molecule has 1 saturated heterocycles. The predicted octanol–water partition coefficient (Wildman–Crippen LogP) is 3.94.